The second-order valence-electron chi connectivity index (χ2n) is 3.33. The number of para-hydroxylation sites is 1. The van der Waals surface area contributed by atoms with Gasteiger partial charge >= 0.3 is 12.1 Å². The summed E-state index contributed by atoms with van der Waals surface area (Å²) in [6, 6.07) is 6.91. The minimum Gasteiger partial charge on any atom is -0.405 e. The number of hydrogen-bond donors (Lipinski definition) is 1. The maximum atomic E-state index is 12.2. The molecule has 0 bridgehead atoms. The summed E-state index contributed by atoms with van der Waals surface area (Å²) < 4.78 is 40.5. The highest BCUT2D eigenvalue weighted by Gasteiger charge is 2.32. The monoisotopic (exact) mass is 256 g/mol. The van der Waals surface area contributed by atoms with Crippen LogP contribution >= 0.6 is 0 Å². The van der Waals surface area contributed by atoms with Gasteiger partial charge in [0.05, 0.1) is 5.69 Å². The van der Waals surface area contributed by atoms with Gasteiger partial charge in [-0.15, -0.1) is 13.2 Å². The second-order valence-corrected chi connectivity index (χ2v) is 3.33. The summed E-state index contributed by atoms with van der Waals surface area (Å²) in [5.41, 5.74) is -0.307. The van der Waals surface area contributed by atoms with Crippen molar-refractivity contribution in [3.63, 3.8) is 0 Å². The molecule has 4 nitrogen and oxygen atoms in total. The second kappa shape index (κ2) is 4.52. The van der Waals surface area contributed by atoms with Crippen molar-refractivity contribution in [3.8, 4) is 17.0 Å². The van der Waals surface area contributed by atoms with Gasteiger partial charge in [0, 0.05) is 11.8 Å². The van der Waals surface area contributed by atoms with Gasteiger partial charge in [-0.25, -0.2) is 9.78 Å². The molecule has 0 unspecified atom stereocenters. The first kappa shape index (κ1) is 12.2. The zero-order chi connectivity index (χ0) is 13.2. The Bertz CT molecular complexity index is 607. The van der Waals surface area contributed by atoms with Crippen molar-refractivity contribution in [2.75, 3.05) is 0 Å². The fraction of sp³-hybridized carbons (Fsp3) is 0.0909. The van der Waals surface area contributed by atoms with Crippen LogP contribution in [0.1, 0.15) is 0 Å². The van der Waals surface area contributed by atoms with E-state index in [0.717, 1.165) is 0 Å². The highest BCUT2D eigenvalue weighted by Crippen LogP contribution is 2.31. The summed E-state index contributed by atoms with van der Waals surface area (Å²) in [5.74, 6) is -0.383. The first-order valence-electron chi connectivity index (χ1n) is 4.86. The molecule has 0 aliphatic rings. The lowest BCUT2D eigenvalue weighted by Crippen LogP contribution is -2.18. The number of nitrogens with one attached hydrogen (secondary N) is 1. The van der Waals surface area contributed by atoms with Gasteiger partial charge in [-0.05, 0) is 18.2 Å². The summed E-state index contributed by atoms with van der Waals surface area (Å²) in [6.07, 6.45) is -3.58. The molecule has 0 atom stereocenters. The van der Waals surface area contributed by atoms with E-state index in [4.69, 9.17) is 0 Å². The van der Waals surface area contributed by atoms with Gasteiger partial charge in [-0.1, -0.05) is 12.1 Å². The van der Waals surface area contributed by atoms with Crippen LogP contribution < -0.4 is 10.4 Å². The molecular weight excluding hydrogens is 249 g/mol. The van der Waals surface area contributed by atoms with Crippen LogP contribution in [-0.2, 0) is 0 Å². The molecule has 1 aromatic carbocycles. The molecule has 0 aliphatic heterocycles. The molecule has 2 aromatic rings. The van der Waals surface area contributed by atoms with Gasteiger partial charge < -0.3 is 9.72 Å². The summed E-state index contributed by atoms with van der Waals surface area (Å²) in [4.78, 5) is 16.8. The van der Waals surface area contributed by atoms with Crippen LogP contribution in [0.3, 0.4) is 0 Å². The maximum Gasteiger partial charge on any atom is 0.573 e. The number of hydrogen-bond acceptors (Lipinski definition) is 3. The Labute approximate surface area is 99.1 Å². The number of ether oxygens (including phenoxy) is 1. The molecule has 0 saturated heterocycles. The van der Waals surface area contributed by atoms with Crippen molar-refractivity contribution < 1.29 is 17.9 Å². The molecule has 0 aliphatic carbocycles. The van der Waals surface area contributed by atoms with Gasteiger partial charge in [0.1, 0.15) is 5.75 Å². The third-order valence-corrected chi connectivity index (χ3v) is 2.08. The van der Waals surface area contributed by atoms with Crippen LogP contribution in [0.15, 0.2) is 41.3 Å². The van der Waals surface area contributed by atoms with Crippen LogP contribution in [0, 0.1) is 0 Å². The highest BCUT2D eigenvalue weighted by atomic mass is 19.4. The molecule has 7 heteroatoms. The normalized spacial score (nSPS) is 11.3. The Kier molecular flexibility index (Phi) is 3.05. The standard InChI is InChI=1S/C11H7F3N2O2/c12-11(13,14)18-9-4-2-1-3-7(9)8-5-6-15-10(17)16-8/h1-6H,(H,15,16,17). The molecule has 0 fully saturated rings. The third-order valence-electron chi connectivity index (χ3n) is 2.08. The SMILES string of the molecule is O=c1nccc(-c2ccccc2OC(F)(F)F)[nH]1. The third kappa shape index (κ3) is 2.88. The van der Waals surface area contributed by atoms with Crippen LogP contribution in [-0.4, -0.2) is 16.3 Å². The Morgan fingerprint density at radius 1 is 1.17 bits per heavy atom. The van der Waals surface area contributed by atoms with Gasteiger partial charge in [0.15, 0.2) is 0 Å². The number of rotatable bonds is 2. The number of aromatic nitrogens is 2. The number of H-pyrrole nitrogens is 1. The molecule has 1 heterocycles. The van der Waals surface area contributed by atoms with Crippen molar-refractivity contribution in [2.24, 2.45) is 0 Å². The van der Waals surface area contributed by atoms with Gasteiger partial charge in [0.2, 0.25) is 0 Å². The first-order valence-corrected chi connectivity index (χ1v) is 4.86. The van der Waals surface area contributed by atoms with Crippen molar-refractivity contribution in [1.82, 2.24) is 9.97 Å². The molecule has 0 saturated carbocycles. The van der Waals surface area contributed by atoms with Crippen molar-refractivity contribution >= 4 is 0 Å². The molecule has 0 spiro atoms. The van der Waals surface area contributed by atoms with E-state index in [9.17, 15) is 18.0 Å². The lowest BCUT2D eigenvalue weighted by Gasteiger charge is -2.12. The summed E-state index contributed by atoms with van der Waals surface area (Å²) in [6.45, 7) is 0. The summed E-state index contributed by atoms with van der Waals surface area (Å²) in [5, 5.41) is 0. The van der Waals surface area contributed by atoms with E-state index in [1.807, 2.05) is 0 Å². The molecule has 1 aromatic heterocycles. The van der Waals surface area contributed by atoms with E-state index in [-0.39, 0.29) is 17.0 Å². The Morgan fingerprint density at radius 2 is 1.89 bits per heavy atom. The molecule has 94 valence electrons. The Balaban J connectivity index is 2.48. The lowest BCUT2D eigenvalue weighted by molar-refractivity contribution is -0.274. The number of aromatic amines is 1. The molecule has 0 amide bonds. The van der Waals surface area contributed by atoms with Crippen LogP contribution in [0.2, 0.25) is 0 Å². The van der Waals surface area contributed by atoms with E-state index >= 15 is 0 Å². The molecular formula is C11H7F3N2O2. The number of halogens is 3. The average Bonchev–Trinajstić information content (AvgIpc) is 2.27. The summed E-state index contributed by atoms with van der Waals surface area (Å²) >= 11 is 0. The minimum absolute atomic E-state index is 0.134. The van der Waals surface area contributed by atoms with E-state index in [2.05, 4.69) is 14.7 Å². The highest BCUT2D eigenvalue weighted by molar-refractivity contribution is 5.66. The molecule has 2 rings (SSSR count). The molecule has 0 radical (unpaired) electrons. The van der Waals surface area contributed by atoms with Crippen molar-refractivity contribution in [1.29, 1.82) is 0 Å². The fourth-order valence-corrected chi connectivity index (χ4v) is 1.43. The molecule has 1 N–H and O–H groups in total. The number of alkyl halides is 3. The fourth-order valence-electron chi connectivity index (χ4n) is 1.43. The van der Waals surface area contributed by atoms with Crippen LogP contribution in [0.25, 0.3) is 11.3 Å². The Morgan fingerprint density at radius 3 is 2.56 bits per heavy atom. The van der Waals surface area contributed by atoms with Gasteiger partial charge in [-0.2, -0.15) is 0 Å². The summed E-state index contributed by atoms with van der Waals surface area (Å²) in [7, 11) is 0. The van der Waals surface area contributed by atoms with Crippen molar-refractivity contribution in [3.05, 3.63) is 47.0 Å². The zero-order valence-electron chi connectivity index (χ0n) is 8.86. The lowest BCUT2D eigenvalue weighted by atomic mass is 10.1. The van der Waals surface area contributed by atoms with Gasteiger partial charge in [-0.3, -0.25) is 0 Å². The van der Waals surface area contributed by atoms with Crippen LogP contribution in [0.4, 0.5) is 13.2 Å². The van der Waals surface area contributed by atoms with E-state index in [1.165, 1.54) is 36.5 Å². The van der Waals surface area contributed by atoms with E-state index < -0.39 is 12.1 Å². The largest absolute Gasteiger partial charge is 0.573 e. The first-order chi connectivity index (χ1) is 8.46. The van der Waals surface area contributed by atoms with E-state index in [1.54, 1.807) is 0 Å². The predicted octanol–water partition coefficient (Wildman–Crippen LogP) is 2.34. The van der Waals surface area contributed by atoms with Crippen molar-refractivity contribution in [2.45, 2.75) is 6.36 Å². The van der Waals surface area contributed by atoms with Crippen LogP contribution in [0.5, 0.6) is 5.75 Å². The minimum atomic E-state index is -4.79. The predicted molar refractivity (Wildman–Crippen MR) is 57.0 cm³/mol. The Hall–Kier alpha value is -2.31. The topological polar surface area (TPSA) is 55.0 Å². The molecule has 18 heavy (non-hydrogen) atoms. The number of benzene rings is 1. The number of nitrogens with zero attached hydrogens (tertiary/aromatic N) is 1. The zero-order valence-corrected chi connectivity index (χ0v) is 8.86. The maximum absolute atomic E-state index is 12.2. The smallest absolute Gasteiger partial charge is 0.405 e. The quantitative estimate of drug-likeness (QED) is 0.897. The average molecular weight is 256 g/mol. The van der Waals surface area contributed by atoms with E-state index in [0.29, 0.717) is 0 Å². The van der Waals surface area contributed by atoms with Gasteiger partial charge in [0.25, 0.3) is 0 Å².